The summed E-state index contributed by atoms with van der Waals surface area (Å²) in [6, 6.07) is 5.35. The van der Waals surface area contributed by atoms with E-state index >= 15 is 0 Å². The normalized spacial score (nSPS) is 10.5. The second kappa shape index (κ2) is 4.93. The van der Waals surface area contributed by atoms with Crippen LogP contribution in [0.15, 0.2) is 30.3 Å². The molecule has 1 N–H and O–H groups in total. The third-order valence-electron chi connectivity index (χ3n) is 2.49. The highest BCUT2D eigenvalue weighted by molar-refractivity contribution is 6.31. The summed E-state index contributed by atoms with van der Waals surface area (Å²) in [5.41, 5.74) is -0.378. The van der Waals surface area contributed by atoms with Crippen molar-refractivity contribution in [2.24, 2.45) is 0 Å². The van der Waals surface area contributed by atoms with Crippen molar-refractivity contribution in [2.45, 2.75) is 0 Å². The smallest absolute Gasteiger partial charge is 0.335 e. The predicted octanol–water partition coefficient (Wildman–Crippen LogP) is 4.12. The Morgan fingerprint density at radius 2 is 1.74 bits per heavy atom. The van der Waals surface area contributed by atoms with Crippen LogP contribution in [0, 0.1) is 17.5 Å². The molecule has 0 radical (unpaired) electrons. The lowest BCUT2D eigenvalue weighted by molar-refractivity contribution is 0.0697. The van der Waals surface area contributed by atoms with Gasteiger partial charge in [-0.05, 0) is 35.9 Å². The van der Waals surface area contributed by atoms with Gasteiger partial charge >= 0.3 is 5.97 Å². The molecule has 0 aromatic heterocycles. The average Bonchev–Trinajstić information content (AvgIpc) is 2.35. The maximum Gasteiger partial charge on any atom is 0.335 e. The van der Waals surface area contributed by atoms with Crippen LogP contribution in [0.4, 0.5) is 13.2 Å². The molecule has 2 rings (SSSR count). The summed E-state index contributed by atoms with van der Waals surface area (Å²) in [7, 11) is 0. The fraction of sp³-hybridized carbons (Fsp3) is 0. The van der Waals surface area contributed by atoms with E-state index in [9.17, 15) is 18.0 Å². The van der Waals surface area contributed by atoms with E-state index in [4.69, 9.17) is 16.7 Å². The lowest BCUT2D eigenvalue weighted by Crippen LogP contribution is -1.98. The van der Waals surface area contributed by atoms with E-state index in [1.807, 2.05) is 0 Å². The van der Waals surface area contributed by atoms with Gasteiger partial charge in [-0.25, -0.2) is 18.0 Å². The van der Waals surface area contributed by atoms with E-state index in [0.717, 1.165) is 18.2 Å². The molecule has 2 nitrogen and oxygen atoms in total. The highest BCUT2D eigenvalue weighted by Gasteiger charge is 2.16. The standard InChI is InChI=1S/C13H6ClF3O2/c14-8-4-6(3-7(5-8)13(18)19)9-1-2-10(15)12(17)11(9)16/h1-5H,(H,18,19). The van der Waals surface area contributed by atoms with Gasteiger partial charge in [-0.1, -0.05) is 11.6 Å². The molecule has 19 heavy (non-hydrogen) atoms. The van der Waals surface area contributed by atoms with E-state index < -0.39 is 23.4 Å². The monoisotopic (exact) mass is 286 g/mol. The molecule has 0 amide bonds. The van der Waals surface area contributed by atoms with E-state index in [-0.39, 0.29) is 21.7 Å². The Labute approximate surface area is 111 Å². The number of carbonyl (C=O) groups is 1. The number of hydrogen-bond donors (Lipinski definition) is 1. The van der Waals surface area contributed by atoms with Crippen LogP contribution in [-0.2, 0) is 0 Å². The molecule has 0 aliphatic rings. The third kappa shape index (κ3) is 2.56. The number of halogens is 4. The average molecular weight is 287 g/mol. The second-order valence-corrected chi connectivity index (χ2v) is 4.19. The molecular formula is C13H6ClF3O2. The molecule has 0 fully saturated rings. The van der Waals surface area contributed by atoms with Crippen LogP contribution in [0.25, 0.3) is 11.1 Å². The zero-order valence-corrected chi connectivity index (χ0v) is 10.0. The van der Waals surface area contributed by atoms with Gasteiger partial charge in [-0.2, -0.15) is 0 Å². The van der Waals surface area contributed by atoms with E-state index in [1.165, 1.54) is 12.1 Å². The highest BCUT2D eigenvalue weighted by Crippen LogP contribution is 2.29. The van der Waals surface area contributed by atoms with Crippen molar-refractivity contribution in [2.75, 3.05) is 0 Å². The molecule has 2 aromatic carbocycles. The van der Waals surface area contributed by atoms with Crippen molar-refractivity contribution in [3.8, 4) is 11.1 Å². The van der Waals surface area contributed by atoms with Crippen molar-refractivity contribution in [3.05, 3.63) is 58.4 Å². The number of rotatable bonds is 2. The Bertz CT molecular complexity index is 671. The predicted molar refractivity (Wildman–Crippen MR) is 63.7 cm³/mol. The first-order valence-electron chi connectivity index (χ1n) is 5.08. The molecule has 0 spiro atoms. The first kappa shape index (κ1) is 13.4. The number of carboxylic acid groups (broad SMARTS) is 1. The molecule has 0 saturated carbocycles. The summed E-state index contributed by atoms with van der Waals surface area (Å²) in [5.74, 6) is -5.58. The molecule has 0 unspecified atom stereocenters. The first-order chi connectivity index (χ1) is 8.90. The third-order valence-corrected chi connectivity index (χ3v) is 2.71. The fourth-order valence-electron chi connectivity index (χ4n) is 1.62. The van der Waals surface area contributed by atoms with Crippen LogP contribution in [0.3, 0.4) is 0 Å². The zero-order valence-electron chi connectivity index (χ0n) is 9.25. The SMILES string of the molecule is O=C(O)c1cc(Cl)cc(-c2ccc(F)c(F)c2F)c1. The van der Waals surface area contributed by atoms with Crippen molar-refractivity contribution >= 4 is 17.6 Å². The summed E-state index contributed by atoms with van der Waals surface area (Å²) in [6.45, 7) is 0. The molecule has 0 heterocycles. The molecule has 0 atom stereocenters. The van der Waals surface area contributed by atoms with E-state index in [2.05, 4.69) is 0 Å². The van der Waals surface area contributed by atoms with Gasteiger partial charge in [0.1, 0.15) is 0 Å². The van der Waals surface area contributed by atoms with Gasteiger partial charge in [0.25, 0.3) is 0 Å². The molecule has 0 saturated heterocycles. The summed E-state index contributed by atoms with van der Waals surface area (Å²) in [5, 5.41) is 8.92. The van der Waals surface area contributed by atoms with Gasteiger partial charge in [0, 0.05) is 10.6 Å². The van der Waals surface area contributed by atoms with Crippen LogP contribution in [-0.4, -0.2) is 11.1 Å². The Morgan fingerprint density at radius 1 is 1.05 bits per heavy atom. The number of hydrogen-bond acceptors (Lipinski definition) is 1. The summed E-state index contributed by atoms with van der Waals surface area (Å²) < 4.78 is 39.6. The minimum absolute atomic E-state index is 0.0547. The summed E-state index contributed by atoms with van der Waals surface area (Å²) in [6.07, 6.45) is 0. The van der Waals surface area contributed by atoms with Gasteiger partial charge in [0.15, 0.2) is 17.5 Å². The maximum atomic E-state index is 13.6. The highest BCUT2D eigenvalue weighted by atomic mass is 35.5. The number of benzene rings is 2. The van der Waals surface area contributed by atoms with Crippen molar-refractivity contribution in [3.63, 3.8) is 0 Å². The van der Waals surface area contributed by atoms with Crippen molar-refractivity contribution in [1.29, 1.82) is 0 Å². The summed E-state index contributed by atoms with van der Waals surface area (Å²) >= 11 is 5.71. The molecule has 0 aliphatic heterocycles. The lowest BCUT2D eigenvalue weighted by Gasteiger charge is -2.07. The van der Waals surface area contributed by atoms with E-state index in [0.29, 0.717) is 0 Å². The van der Waals surface area contributed by atoms with Gasteiger partial charge < -0.3 is 5.11 Å². The van der Waals surface area contributed by atoms with Crippen LogP contribution < -0.4 is 0 Å². The van der Waals surface area contributed by atoms with Gasteiger partial charge in [-0.3, -0.25) is 0 Å². The molecular weight excluding hydrogens is 281 g/mol. The molecule has 0 bridgehead atoms. The van der Waals surface area contributed by atoms with Gasteiger partial charge in [0.2, 0.25) is 0 Å². The molecule has 0 aliphatic carbocycles. The number of carboxylic acids is 1. The Hall–Kier alpha value is -2.01. The topological polar surface area (TPSA) is 37.3 Å². The fourth-order valence-corrected chi connectivity index (χ4v) is 1.85. The van der Waals surface area contributed by atoms with Gasteiger partial charge in [0.05, 0.1) is 5.56 Å². The number of aromatic carboxylic acids is 1. The second-order valence-electron chi connectivity index (χ2n) is 3.76. The lowest BCUT2D eigenvalue weighted by atomic mass is 10.0. The largest absolute Gasteiger partial charge is 0.478 e. The molecule has 6 heteroatoms. The van der Waals surface area contributed by atoms with Crippen molar-refractivity contribution < 1.29 is 23.1 Å². The quantitative estimate of drug-likeness (QED) is 0.843. The Balaban J connectivity index is 2.65. The maximum absolute atomic E-state index is 13.6. The van der Waals surface area contributed by atoms with Crippen LogP contribution in [0.5, 0.6) is 0 Å². The van der Waals surface area contributed by atoms with Crippen LogP contribution in [0.1, 0.15) is 10.4 Å². The molecule has 2 aromatic rings. The van der Waals surface area contributed by atoms with Crippen LogP contribution >= 0.6 is 11.6 Å². The van der Waals surface area contributed by atoms with E-state index in [1.54, 1.807) is 0 Å². The summed E-state index contributed by atoms with van der Waals surface area (Å²) in [4.78, 5) is 10.9. The van der Waals surface area contributed by atoms with Crippen LogP contribution in [0.2, 0.25) is 5.02 Å². The van der Waals surface area contributed by atoms with Crippen molar-refractivity contribution in [1.82, 2.24) is 0 Å². The minimum Gasteiger partial charge on any atom is -0.478 e. The first-order valence-corrected chi connectivity index (χ1v) is 5.45. The van der Waals surface area contributed by atoms with Gasteiger partial charge in [-0.15, -0.1) is 0 Å². The molecule has 98 valence electrons. The Kier molecular flexibility index (Phi) is 3.48. The zero-order chi connectivity index (χ0) is 14.2. The Morgan fingerprint density at radius 3 is 2.37 bits per heavy atom. The minimum atomic E-state index is -1.62.